The van der Waals surface area contributed by atoms with Gasteiger partial charge in [0.2, 0.25) is 5.91 Å². The standard InChI is InChI=1S/C15H23N3O/c1-11-9-12(10-17-2)6-7-13(11)18-8-4-3-5-14(18)15(16)19/h6-7,9,14,17H,3-5,8,10H2,1-2H3,(H2,16,19). The van der Waals surface area contributed by atoms with Crippen LogP contribution in [0.15, 0.2) is 18.2 Å². The molecule has 0 aromatic heterocycles. The zero-order valence-electron chi connectivity index (χ0n) is 11.8. The van der Waals surface area contributed by atoms with Gasteiger partial charge in [-0.15, -0.1) is 0 Å². The van der Waals surface area contributed by atoms with Crippen LogP contribution in [0, 0.1) is 6.92 Å². The number of nitrogens with one attached hydrogen (secondary N) is 1. The van der Waals surface area contributed by atoms with Gasteiger partial charge in [-0.2, -0.15) is 0 Å². The first-order valence-corrected chi connectivity index (χ1v) is 6.93. The highest BCUT2D eigenvalue weighted by Crippen LogP contribution is 2.28. The van der Waals surface area contributed by atoms with Crippen LogP contribution in [0.3, 0.4) is 0 Å². The molecule has 1 aliphatic rings. The lowest BCUT2D eigenvalue weighted by atomic mass is 9.99. The SMILES string of the molecule is CNCc1ccc(N2CCCCC2C(N)=O)c(C)c1. The molecule has 1 atom stereocenters. The largest absolute Gasteiger partial charge is 0.368 e. The molecule has 0 aliphatic carbocycles. The number of benzene rings is 1. The minimum atomic E-state index is -0.210. The normalized spacial score (nSPS) is 19.5. The van der Waals surface area contributed by atoms with E-state index < -0.39 is 0 Å². The van der Waals surface area contributed by atoms with E-state index in [2.05, 4.69) is 35.3 Å². The van der Waals surface area contributed by atoms with E-state index in [4.69, 9.17) is 5.73 Å². The van der Waals surface area contributed by atoms with Crippen LogP contribution in [0.4, 0.5) is 5.69 Å². The molecule has 0 spiro atoms. The second kappa shape index (κ2) is 6.06. The monoisotopic (exact) mass is 261 g/mol. The van der Waals surface area contributed by atoms with Crippen LogP contribution in [-0.2, 0) is 11.3 Å². The van der Waals surface area contributed by atoms with Crippen LogP contribution in [0.25, 0.3) is 0 Å². The number of nitrogens with two attached hydrogens (primary N) is 1. The number of nitrogens with zero attached hydrogens (tertiary/aromatic N) is 1. The highest BCUT2D eigenvalue weighted by molar-refractivity contribution is 5.84. The van der Waals surface area contributed by atoms with E-state index in [1.54, 1.807) is 0 Å². The van der Waals surface area contributed by atoms with Crippen LogP contribution >= 0.6 is 0 Å². The summed E-state index contributed by atoms with van der Waals surface area (Å²) in [5.41, 5.74) is 9.14. The summed E-state index contributed by atoms with van der Waals surface area (Å²) in [6.07, 6.45) is 3.08. The number of aryl methyl sites for hydroxylation is 1. The number of hydrogen-bond acceptors (Lipinski definition) is 3. The fraction of sp³-hybridized carbons (Fsp3) is 0.533. The molecule has 1 fully saturated rings. The fourth-order valence-corrected chi connectivity index (χ4v) is 2.87. The molecule has 0 saturated carbocycles. The molecule has 1 aliphatic heterocycles. The third-order valence-electron chi connectivity index (χ3n) is 3.78. The van der Waals surface area contributed by atoms with Crippen LogP contribution in [0.2, 0.25) is 0 Å². The van der Waals surface area contributed by atoms with Crippen LogP contribution in [-0.4, -0.2) is 25.5 Å². The maximum Gasteiger partial charge on any atom is 0.240 e. The van der Waals surface area contributed by atoms with Crippen molar-refractivity contribution in [3.8, 4) is 0 Å². The summed E-state index contributed by atoms with van der Waals surface area (Å²) < 4.78 is 0. The van der Waals surface area contributed by atoms with Gasteiger partial charge >= 0.3 is 0 Å². The summed E-state index contributed by atoms with van der Waals surface area (Å²) in [6, 6.07) is 6.26. The number of primary amides is 1. The lowest BCUT2D eigenvalue weighted by Gasteiger charge is -2.36. The molecule has 19 heavy (non-hydrogen) atoms. The smallest absolute Gasteiger partial charge is 0.240 e. The van der Waals surface area contributed by atoms with Crippen molar-refractivity contribution in [3.63, 3.8) is 0 Å². The number of piperidine rings is 1. The molecular formula is C15H23N3O. The molecule has 1 aromatic carbocycles. The van der Waals surface area contributed by atoms with E-state index >= 15 is 0 Å². The quantitative estimate of drug-likeness (QED) is 0.864. The van der Waals surface area contributed by atoms with Gasteiger partial charge in [0.1, 0.15) is 6.04 Å². The van der Waals surface area contributed by atoms with Gasteiger partial charge in [-0.3, -0.25) is 4.79 Å². The van der Waals surface area contributed by atoms with Crippen molar-refractivity contribution in [2.75, 3.05) is 18.5 Å². The average Bonchev–Trinajstić information content (AvgIpc) is 2.39. The van der Waals surface area contributed by atoms with Gasteiger partial charge in [0, 0.05) is 18.8 Å². The van der Waals surface area contributed by atoms with Gasteiger partial charge < -0.3 is 16.0 Å². The topological polar surface area (TPSA) is 58.4 Å². The van der Waals surface area contributed by atoms with Gasteiger partial charge in [-0.05, 0) is 50.4 Å². The van der Waals surface area contributed by atoms with Crippen molar-refractivity contribution in [1.82, 2.24) is 5.32 Å². The number of carbonyl (C=O) groups is 1. The molecule has 104 valence electrons. The van der Waals surface area contributed by atoms with E-state index in [-0.39, 0.29) is 11.9 Å². The molecule has 2 rings (SSSR count). The minimum Gasteiger partial charge on any atom is -0.368 e. The molecule has 1 saturated heterocycles. The molecular weight excluding hydrogens is 238 g/mol. The minimum absolute atomic E-state index is 0.150. The Bertz CT molecular complexity index is 459. The highest BCUT2D eigenvalue weighted by Gasteiger charge is 2.27. The third-order valence-corrected chi connectivity index (χ3v) is 3.78. The summed E-state index contributed by atoms with van der Waals surface area (Å²) in [6.45, 7) is 3.88. The Balaban J connectivity index is 2.26. The van der Waals surface area contributed by atoms with Crippen molar-refractivity contribution in [1.29, 1.82) is 0 Å². The van der Waals surface area contributed by atoms with Gasteiger partial charge in [-0.1, -0.05) is 12.1 Å². The van der Waals surface area contributed by atoms with Gasteiger partial charge in [0.15, 0.2) is 0 Å². The summed E-state index contributed by atoms with van der Waals surface area (Å²) in [5, 5.41) is 3.15. The van der Waals surface area contributed by atoms with Gasteiger partial charge in [0.25, 0.3) is 0 Å². The molecule has 1 heterocycles. The first kappa shape index (κ1) is 13.9. The molecule has 0 bridgehead atoms. The molecule has 0 radical (unpaired) electrons. The number of anilines is 1. The Labute approximate surface area is 115 Å². The predicted molar refractivity (Wildman–Crippen MR) is 78.1 cm³/mol. The van der Waals surface area contributed by atoms with E-state index in [0.29, 0.717) is 0 Å². The Hall–Kier alpha value is -1.55. The number of rotatable bonds is 4. The zero-order valence-corrected chi connectivity index (χ0v) is 11.8. The molecule has 1 aromatic rings. The van der Waals surface area contributed by atoms with Gasteiger partial charge in [0.05, 0.1) is 0 Å². The molecule has 4 nitrogen and oxygen atoms in total. The average molecular weight is 261 g/mol. The van der Waals surface area contributed by atoms with Crippen LogP contribution in [0.1, 0.15) is 30.4 Å². The summed E-state index contributed by atoms with van der Waals surface area (Å²) >= 11 is 0. The van der Waals surface area contributed by atoms with Crippen molar-refractivity contribution in [2.45, 2.75) is 38.8 Å². The maximum absolute atomic E-state index is 11.6. The van der Waals surface area contributed by atoms with Crippen molar-refractivity contribution in [2.24, 2.45) is 5.73 Å². The first-order chi connectivity index (χ1) is 9.13. The second-order valence-corrected chi connectivity index (χ2v) is 5.26. The molecule has 1 unspecified atom stereocenters. The van der Waals surface area contributed by atoms with E-state index in [0.717, 1.165) is 38.0 Å². The Morgan fingerprint density at radius 2 is 2.26 bits per heavy atom. The lowest BCUT2D eigenvalue weighted by molar-refractivity contribution is -0.119. The highest BCUT2D eigenvalue weighted by atomic mass is 16.1. The summed E-state index contributed by atoms with van der Waals surface area (Å²) in [5.74, 6) is -0.210. The predicted octanol–water partition coefficient (Wildman–Crippen LogP) is 1.56. The summed E-state index contributed by atoms with van der Waals surface area (Å²) in [7, 11) is 1.94. The Morgan fingerprint density at radius 3 is 2.89 bits per heavy atom. The van der Waals surface area contributed by atoms with E-state index in [9.17, 15) is 4.79 Å². The molecule has 1 amide bonds. The molecule has 4 heteroatoms. The number of amides is 1. The zero-order chi connectivity index (χ0) is 13.8. The van der Waals surface area contributed by atoms with Crippen molar-refractivity contribution >= 4 is 11.6 Å². The van der Waals surface area contributed by atoms with Crippen molar-refractivity contribution < 1.29 is 4.79 Å². The van der Waals surface area contributed by atoms with E-state index in [1.165, 1.54) is 11.1 Å². The molecule has 3 N–H and O–H groups in total. The Kier molecular flexibility index (Phi) is 4.43. The van der Waals surface area contributed by atoms with Gasteiger partial charge in [-0.25, -0.2) is 0 Å². The maximum atomic E-state index is 11.6. The lowest BCUT2D eigenvalue weighted by Crippen LogP contribution is -2.48. The third kappa shape index (κ3) is 3.07. The fourth-order valence-electron chi connectivity index (χ4n) is 2.87. The van der Waals surface area contributed by atoms with Crippen molar-refractivity contribution in [3.05, 3.63) is 29.3 Å². The summed E-state index contributed by atoms with van der Waals surface area (Å²) in [4.78, 5) is 13.8. The number of carbonyl (C=O) groups excluding carboxylic acids is 1. The van der Waals surface area contributed by atoms with Crippen LogP contribution < -0.4 is 16.0 Å². The second-order valence-electron chi connectivity index (χ2n) is 5.26. The Morgan fingerprint density at radius 1 is 1.47 bits per heavy atom. The first-order valence-electron chi connectivity index (χ1n) is 6.93. The van der Waals surface area contributed by atoms with Crippen LogP contribution in [0.5, 0.6) is 0 Å². The number of hydrogen-bond donors (Lipinski definition) is 2. The van der Waals surface area contributed by atoms with E-state index in [1.807, 2.05) is 7.05 Å².